The van der Waals surface area contributed by atoms with Gasteiger partial charge in [-0.1, -0.05) is 12.1 Å². The van der Waals surface area contributed by atoms with Crippen LogP contribution in [-0.4, -0.2) is 60.7 Å². The number of anilines is 1. The molecule has 4 rings (SSSR count). The van der Waals surface area contributed by atoms with E-state index in [0.29, 0.717) is 22.7 Å². The summed E-state index contributed by atoms with van der Waals surface area (Å²) in [5.74, 6) is -0.746. The zero-order chi connectivity index (χ0) is 22.8. The van der Waals surface area contributed by atoms with Crippen LogP contribution in [0.25, 0.3) is 22.6 Å². The Morgan fingerprint density at radius 3 is 2.47 bits per heavy atom. The normalized spacial score (nSPS) is 16.4. The predicted octanol–water partition coefficient (Wildman–Crippen LogP) is 2.59. The smallest absolute Gasteiger partial charge is 0.257 e. The van der Waals surface area contributed by atoms with E-state index in [0.717, 1.165) is 10.4 Å². The number of hydrogen-bond donors (Lipinski definition) is 0. The lowest BCUT2D eigenvalue weighted by atomic mass is 10.2. The summed E-state index contributed by atoms with van der Waals surface area (Å²) in [7, 11) is 2.89. The Labute approximate surface area is 184 Å². The minimum atomic E-state index is -0.912. The molecule has 1 aromatic heterocycles. The molecule has 1 fully saturated rings. The molecule has 2 aromatic carbocycles. The number of amides is 3. The van der Waals surface area contributed by atoms with Gasteiger partial charge in [0, 0.05) is 26.7 Å². The number of ether oxygens (including phenoxy) is 2. The van der Waals surface area contributed by atoms with Crippen molar-refractivity contribution in [1.29, 1.82) is 0 Å². The van der Waals surface area contributed by atoms with E-state index < -0.39 is 18.2 Å². The summed E-state index contributed by atoms with van der Waals surface area (Å²) in [5.41, 5.74) is 2.55. The van der Waals surface area contributed by atoms with E-state index >= 15 is 0 Å². The van der Waals surface area contributed by atoms with Gasteiger partial charge in [-0.3, -0.25) is 14.4 Å². The number of aromatic nitrogens is 1. The maximum Gasteiger partial charge on any atom is 0.257 e. The molecule has 166 valence electrons. The van der Waals surface area contributed by atoms with Crippen LogP contribution in [0.5, 0.6) is 0 Å². The molecule has 2 heterocycles. The second kappa shape index (κ2) is 8.89. The van der Waals surface area contributed by atoms with Gasteiger partial charge < -0.3 is 18.8 Å². The Morgan fingerprint density at radius 2 is 1.84 bits per heavy atom. The van der Waals surface area contributed by atoms with Gasteiger partial charge in [-0.05, 0) is 36.4 Å². The third kappa shape index (κ3) is 4.00. The van der Waals surface area contributed by atoms with Crippen molar-refractivity contribution >= 4 is 34.5 Å². The van der Waals surface area contributed by atoms with Crippen molar-refractivity contribution in [2.24, 2.45) is 0 Å². The van der Waals surface area contributed by atoms with Crippen molar-refractivity contribution in [3.63, 3.8) is 0 Å². The molecule has 3 aromatic rings. The van der Waals surface area contributed by atoms with Crippen molar-refractivity contribution in [1.82, 2.24) is 9.88 Å². The molecule has 9 heteroatoms. The molecule has 32 heavy (non-hydrogen) atoms. The number of para-hydroxylation sites is 2. The van der Waals surface area contributed by atoms with Crippen LogP contribution in [0.4, 0.5) is 5.69 Å². The van der Waals surface area contributed by atoms with Crippen molar-refractivity contribution in [2.45, 2.75) is 25.7 Å². The Hall–Kier alpha value is -3.56. The third-order valence-electron chi connectivity index (χ3n) is 5.44. The van der Waals surface area contributed by atoms with E-state index in [1.807, 2.05) is 24.3 Å². The maximum atomic E-state index is 13.1. The zero-order valence-corrected chi connectivity index (χ0v) is 18.0. The third-order valence-corrected chi connectivity index (χ3v) is 5.44. The molecule has 0 aliphatic carbocycles. The van der Waals surface area contributed by atoms with Gasteiger partial charge in [0.1, 0.15) is 11.6 Å². The number of imide groups is 1. The number of carbonyl (C=O) groups is 3. The van der Waals surface area contributed by atoms with E-state index in [2.05, 4.69) is 4.98 Å². The van der Waals surface area contributed by atoms with Crippen LogP contribution in [-0.2, 0) is 23.9 Å². The van der Waals surface area contributed by atoms with Gasteiger partial charge in [0.15, 0.2) is 11.9 Å². The standard InChI is InChI=1S/C23H23N3O6/c1-14(27)25(13-21(30-2)31-3)18-12-20(28)26(23(18)29)16-10-8-15(9-11-16)22-24-17-6-4-5-7-19(17)32-22/h4-11,18,21H,12-13H2,1-3H3. The zero-order valence-electron chi connectivity index (χ0n) is 18.0. The van der Waals surface area contributed by atoms with Gasteiger partial charge in [0.2, 0.25) is 17.7 Å². The van der Waals surface area contributed by atoms with Crippen LogP contribution in [0.2, 0.25) is 0 Å². The van der Waals surface area contributed by atoms with Crippen LogP contribution in [0.1, 0.15) is 13.3 Å². The fourth-order valence-corrected chi connectivity index (χ4v) is 3.76. The molecule has 0 radical (unpaired) electrons. The molecule has 9 nitrogen and oxygen atoms in total. The molecule has 0 saturated carbocycles. The molecule has 1 unspecified atom stereocenters. The molecule has 0 N–H and O–H groups in total. The van der Waals surface area contributed by atoms with Crippen LogP contribution in [0.3, 0.4) is 0 Å². The molecule has 1 aliphatic heterocycles. The lowest BCUT2D eigenvalue weighted by molar-refractivity contribution is -0.150. The van der Waals surface area contributed by atoms with Crippen molar-refractivity contribution < 1.29 is 28.3 Å². The SMILES string of the molecule is COC(CN(C(C)=O)C1CC(=O)N(c2ccc(-c3nc4ccccc4o3)cc2)C1=O)OC. The Kier molecular flexibility index (Phi) is 6.02. The average Bonchev–Trinajstić information content (AvgIpc) is 3.35. The maximum absolute atomic E-state index is 13.1. The monoisotopic (exact) mass is 437 g/mol. The van der Waals surface area contributed by atoms with E-state index in [4.69, 9.17) is 13.9 Å². The summed E-state index contributed by atoms with van der Waals surface area (Å²) in [6.07, 6.45) is -0.808. The molecule has 0 bridgehead atoms. The van der Waals surface area contributed by atoms with Crippen LogP contribution >= 0.6 is 0 Å². The minimum absolute atomic E-state index is 0.0382. The van der Waals surface area contributed by atoms with E-state index in [1.165, 1.54) is 26.0 Å². The first kappa shape index (κ1) is 21.7. The van der Waals surface area contributed by atoms with Crippen molar-refractivity contribution in [3.05, 3.63) is 48.5 Å². The Morgan fingerprint density at radius 1 is 1.16 bits per heavy atom. The number of benzene rings is 2. The molecular weight excluding hydrogens is 414 g/mol. The van der Waals surface area contributed by atoms with Crippen LogP contribution < -0.4 is 4.90 Å². The molecule has 0 spiro atoms. The van der Waals surface area contributed by atoms with Crippen molar-refractivity contribution in [2.75, 3.05) is 25.7 Å². The summed E-state index contributed by atoms with van der Waals surface area (Å²) < 4.78 is 16.1. The second-order valence-electron chi connectivity index (χ2n) is 7.39. The van der Waals surface area contributed by atoms with Gasteiger partial charge >= 0.3 is 0 Å². The number of oxazole rings is 1. The molecule has 3 amide bonds. The molecule has 1 atom stereocenters. The number of carbonyl (C=O) groups excluding carboxylic acids is 3. The largest absolute Gasteiger partial charge is 0.436 e. The fourth-order valence-electron chi connectivity index (χ4n) is 3.76. The Bertz CT molecular complexity index is 1120. The van der Waals surface area contributed by atoms with Gasteiger partial charge in [-0.25, -0.2) is 9.88 Å². The van der Waals surface area contributed by atoms with E-state index in [-0.39, 0.29) is 24.8 Å². The van der Waals surface area contributed by atoms with E-state index in [9.17, 15) is 14.4 Å². The second-order valence-corrected chi connectivity index (χ2v) is 7.39. The highest BCUT2D eigenvalue weighted by molar-refractivity contribution is 6.23. The quantitative estimate of drug-likeness (QED) is 0.413. The summed E-state index contributed by atoms with van der Waals surface area (Å²) in [5, 5.41) is 0. The van der Waals surface area contributed by atoms with Gasteiger partial charge in [-0.2, -0.15) is 0 Å². The van der Waals surface area contributed by atoms with Crippen LogP contribution in [0.15, 0.2) is 52.9 Å². The minimum Gasteiger partial charge on any atom is -0.436 e. The molecule has 1 saturated heterocycles. The number of fused-ring (bicyclic) bond motifs is 1. The molecular formula is C23H23N3O6. The lowest BCUT2D eigenvalue weighted by Crippen LogP contribution is -2.48. The average molecular weight is 437 g/mol. The van der Waals surface area contributed by atoms with Gasteiger partial charge in [0.25, 0.3) is 5.91 Å². The van der Waals surface area contributed by atoms with E-state index in [1.54, 1.807) is 24.3 Å². The number of hydrogen-bond acceptors (Lipinski definition) is 7. The number of methoxy groups -OCH3 is 2. The summed E-state index contributed by atoms with van der Waals surface area (Å²) in [4.78, 5) is 44.8. The highest BCUT2D eigenvalue weighted by Crippen LogP contribution is 2.30. The fraction of sp³-hybridized carbons (Fsp3) is 0.304. The number of rotatable bonds is 7. The predicted molar refractivity (Wildman–Crippen MR) is 116 cm³/mol. The summed E-state index contributed by atoms with van der Waals surface area (Å²) in [6, 6.07) is 13.3. The Balaban J connectivity index is 1.56. The highest BCUT2D eigenvalue weighted by Gasteiger charge is 2.44. The van der Waals surface area contributed by atoms with Gasteiger partial charge in [0.05, 0.1) is 18.7 Å². The first-order valence-electron chi connectivity index (χ1n) is 10.1. The van der Waals surface area contributed by atoms with Crippen LogP contribution in [0, 0.1) is 0 Å². The first-order valence-corrected chi connectivity index (χ1v) is 10.1. The first-order chi connectivity index (χ1) is 15.4. The van der Waals surface area contributed by atoms with Crippen molar-refractivity contribution in [3.8, 4) is 11.5 Å². The summed E-state index contributed by atoms with van der Waals surface area (Å²) in [6.45, 7) is 1.38. The lowest BCUT2D eigenvalue weighted by Gasteiger charge is -2.29. The highest BCUT2D eigenvalue weighted by atomic mass is 16.7. The summed E-state index contributed by atoms with van der Waals surface area (Å²) >= 11 is 0. The van der Waals surface area contributed by atoms with Gasteiger partial charge in [-0.15, -0.1) is 0 Å². The molecule has 1 aliphatic rings. The topological polar surface area (TPSA) is 102 Å². The number of nitrogens with zero attached hydrogens (tertiary/aromatic N) is 3.